The van der Waals surface area contributed by atoms with Gasteiger partial charge >= 0.3 is 0 Å². The van der Waals surface area contributed by atoms with E-state index in [4.69, 9.17) is 10.5 Å². The predicted molar refractivity (Wildman–Crippen MR) is 74.8 cm³/mol. The molecule has 1 aliphatic heterocycles. The molecule has 100 valence electrons. The highest BCUT2D eigenvalue weighted by atomic mass is 16.5. The smallest absolute Gasteiger partial charge is 0.119 e. The third-order valence-electron chi connectivity index (χ3n) is 3.62. The first-order valence-electron chi connectivity index (χ1n) is 7.00. The highest BCUT2D eigenvalue weighted by molar-refractivity contribution is 5.28. The molecule has 0 bridgehead atoms. The Kier molecular flexibility index (Phi) is 5.02. The minimum absolute atomic E-state index is 0.142. The lowest BCUT2D eigenvalue weighted by Gasteiger charge is -2.15. The summed E-state index contributed by atoms with van der Waals surface area (Å²) >= 11 is 0. The van der Waals surface area contributed by atoms with Gasteiger partial charge in [-0.05, 0) is 50.0 Å². The third kappa shape index (κ3) is 3.72. The monoisotopic (exact) mass is 248 g/mol. The van der Waals surface area contributed by atoms with Gasteiger partial charge in [0, 0.05) is 12.6 Å². The Bertz CT molecular complexity index is 344. The van der Waals surface area contributed by atoms with Crippen LogP contribution < -0.4 is 10.5 Å². The van der Waals surface area contributed by atoms with Crippen molar-refractivity contribution in [3.05, 3.63) is 29.8 Å². The van der Waals surface area contributed by atoms with E-state index in [1.165, 1.54) is 31.5 Å². The second-order valence-corrected chi connectivity index (χ2v) is 4.98. The van der Waals surface area contributed by atoms with Crippen molar-refractivity contribution in [2.75, 3.05) is 26.2 Å². The Morgan fingerprint density at radius 2 is 1.89 bits per heavy atom. The van der Waals surface area contributed by atoms with Crippen molar-refractivity contribution >= 4 is 0 Å². The SMILES string of the molecule is CC[C@H](N)c1ccc(OCCN2CCCC2)cc1. The Morgan fingerprint density at radius 1 is 1.22 bits per heavy atom. The molecule has 1 aromatic rings. The number of benzene rings is 1. The van der Waals surface area contributed by atoms with Gasteiger partial charge < -0.3 is 10.5 Å². The van der Waals surface area contributed by atoms with Crippen LogP contribution >= 0.6 is 0 Å². The summed E-state index contributed by atoms with van der Waals surface area (Å²) in [6.45, 7) is 6.38. The molecule has 18 heavy (non-hydrogen) atoms. The summed E-state index contributed by atoms with van der Waals surface area (Å²) in [5.41, 5.74) is 7.16. The van der Waals surface area contributed by atoms with Crippen molar-refractivity contribution in [3.63, 3.8) is 0 Å². The summed E-state index contributed by atoms with van der Waals surface area (Å²) in [6.07, 6.45) is 3.64. The Labute approximate surface area is 110 Å². The van der Waals surface area contributed by atoms with Crippen LogP contribution in [0.5, 0.6) is 5.75 Å². The molecule has 2 rings (SSSR count). The van der Waals surface area contributed by atoms with Gasteiger partial charge in [0.2, 0.25) is 0 Å². The lowest BCUT2D eigenvalue weighted by Crippen LogP contribution is -2.25. The van der Waals surface area contributed by atoms with Gasteiger partial charge in [-0.25, -0.2) is 0 Å². The molecule has 3 nitrogen and oxygen atoms in total. The molecule has 0 saturated carbocycles. The molecule has 0 aliphatic carbocycles. The van der Waals surface area contributed by atoms with Crippen LogP contribution in [0, 0.1) is 0 Å². The van der Waals surface area contributed by atoms with Crippen LogP contribution in [0.4, 0.5) is 0 Å². The Morgan fingerprint density at radius 3 is 2.50 bits per heavy atom. The van der Waals surface area contributed by atoms with Crippen LogP contribution in [0.1, 0.15) is 37.8 Å². The van der Waals surface area contributed by atoms with Gasteiger partial charge in [-0.15, -0.1) is 0 Å². The highest BCUT2D eigenvalue weighted by Crippen LogP contribution is 2.18. The maximum absolute atomic E-state index is 5.98. The first kappa shape index (κ1) is 13.4. The van der Waals surface area contributed by atoms with Crippen molar-refractivity contribution < 1.29 is 4.74 Å². The first-order valence-corrected chi connectivity index (χ1v) is 7.00. The number of likely N-dealkylation sites (tertiary alicyclic amines) is 1. The molecule has 1 fully saturated rings. The average molecular weight is 248 g/mol. The molecule has 1 aromatic carbocycles. The zero-order valence-corrected chi connectivity index (χ0v) is 11.3. The van der Waals surface area contributed by atoms with Crippen LogP contribution in [-0.2, 0) is 0 Å². The molecule has 1 aliphatic rings. The summed E-state index contributed by atoms with van der Waals surface area (Å²) < 4.78 is 5.75. The van der Waals surface area contributed by atoms with Crippen molar-refractivity contribution in [1.82, 2.24) is 4.90 Å². The van der Waals surface area contributed by atoms with Crippen LogP contribution in [0.2, 0.25) is 0 Å². The molecular formula is C15H24N2O. The van der Waals surface area contributed by atoms with Gasteiger partial charge in [0.25, 0.3) is 0 Å². The molecule has 0 aromatic heterocycles. The summed E-state index contributed by atoms with van der Waals surface area (Å²) in [5, 5.41) is 0. The lowest BCUT2D eigenvalue weighted by molar-refractivity contribution is 0.237. The Balaban J connectivity index is 1.75. The van der Waals surface area contributed by atoms with Crippen LogP contribution in [-0.4, -0.2) is 31.1 Å². The second kappa shape index (κ2) is 6.76. The number of rotatable bonds is 6. The van der Waals surface area contributed by atoms with Crippen molar-refractivity contribution in [2.45, 2.75) is 32.2 Å². The van der Waals surface area contributed by atoms with Crippen molar-refractivity contribution in [1.29, 1.82) is 0 Å². The molecule has 1 heterocycles. The maximum Gasteiger partial charge on any atom is 0.119 e. The van der Waals surface area contributed by atoms with E-state index in [2.05, 4.69) is 24.0 Å². The number of nitrogens with zero attached hydrogens (tertiary/aromatic N) is 1. The normalized spacial score (nSPS) is 17.9. The standard InChI is InChI=1S/C15H24N2O/c1-2-15(16)13-5-7-14(8-6-13)18-12-11-17-9-3-4-10-17/h5-8,15H,2-4,9-12,16H2,1H3/t15-/m0/s1. The summed E-state index contributed by atoms with van der Waals surface area (Å²) in [4.78, 5) is 2.46. The third-order valence-corrected chi connectivity index (χ3v) is 3.62. The number of ether oxygens (including phenoxy) is 1. The minimum Gasteiger partial charge on any atom is -0.492 e. The molecule has 3 heteroatoms. The highest BCUT2D eigenvalue weighted by Gasteiger charge is 2.10. The maximum atomic E-state index is 5.98. The summed E-state index contributed by atoms with van der Waals surface area (Å²) in [6, 6.07) is 8.33. The summed E-state index contributed by atoms with van der Waals surface area (Å²) in [7, 11) is 0. The minimum atomic E-state index is 0.142. The van der Waals surface area contributed by atoms with Crippen molar-refractivity contribution in [2.24, 2.45) is 5.73 Å². The van der Waals surface area contributed by atoms with E-state index in [0.717, 1.165) is 25.3 Å². The van der Waals surface area contributed by atoms with Crippen LogP contribution in [0.3, 0.4) is 0 Å². The van der Waals surface area contributed by atoms with E-state index in [9.17, 15) is 0 Å². The fourth-order valence-corrected chi connectivity index (χ4v) is 2.35. The quantitative estimate of drug-likeness (QED) is 0.841. The number of hydrogen-bond donors (Lipinski definition) is 1. The molecule has 0 spiro atoms. The Hall–Kier alpha value is -1.06. The lowest BCUT2D eigenvalue weighted by atomic mass is 10.1. The van der Waals surface area contributed by atoms with E-state index in [0.29, 0.717) is 0 Å². The van der Waals surface area contributed by atoms with Crippen LogP contribution in [0.25, 0.3) is 0 Å². The van der Waals surface area contributed by atoms with Gasteiger partial charge in [-0.2, -0.15) is 0 Å². The van der Waals surface area contributed by atoms with E-state index in [1.54, 1.807) is 0 Å². The van der Waals surface area contributed by atoms with E-state index < -0.39 is 0 Å². The molecule has 0 radical (unpaired) electrons. The fourth-order valence-electron chi connectivity index (χ4n) is 2.35. The van der Waals surface area contributed by atoms with Gasteiger partial charge in [-0.1, -0.05) is 19.1 Å². The van der Waals surface area contributed by atoms with Gasteiger partial charge in [-0.3, -0.25) is 4.90 Å². The topological polar surface area (TPSA) is 38.5 Å². The molecule has 1 atom stereocenters. The van der Waals surface area contributed by atoms with Crippen LogP contribution in [0.15, 0.2) is 24.3 Å². The zero-order chi connectivity index (χ0) is 12.8. The second-order valence-electron chi connectivity index (χ2n) is 4.98. The van der Waals surface area contributed by atoms with E-state index in [-0.39, 0.29) is 6.04 Å². The van der Waals surface area contributed by atoms with E-state index >= 15 is 0 Å². The van der Waals surface area contributed by atoms with Crippen molar-refractivity contribution in [3.8, 4) is 5.75 Å². The molecular weight excluding hydrogens is 224 g/mol. The largest absolute Gasteiger partial charge is 0.492 e. The van der Waals surface area contributed by atoms with Gasteiger partial charge in [0.15, 0.2) is 0 Å². The van der Waals surface area contributed by atoms with E-state index in [1.807, 2.05) is 12.1 Å². The molecule has 1 saturated heterocycles. The summed E-state index contributed by atoms with van der Waals surface area (Å²) in [5.74, 6) is 0.946. The fraction of sp³-hybridized carbons (Fsp3) is 0.600. The predicted octanol–water partition coefficient (Wildman–Crippen LogP) is 2.57. The van der Waals surface area contributed by atoms with Gasteiger partial charge in [0.1, 0.15) is 12.4 Å². The molecule has 0 unspecified atom stereocenters. The first-order chi connectivity index (χ1) is 8.79. The number of nitrogens with two attached hydrogens (primary N) is 1. The number of hydrogen-bond acceptors (Lipinski definition) is 3. The molecule has 0 amide bonds. The zero-order valence-electron chi connectivity index (χ0n) is 11.3. The van der Waals surface area contributed by atoms with Gasteiger partial charge in [0.05, 0.1) is 0 Å². The average Bonchev–Trinajstić information content (AvgIpc) is 2.92. The molecule has 2 N–H and O–H groups in total.